The molecule has 0 amide bonds. The first-order valence-electron chi connectivity index (χ1n) is 9.64. The first-order chi connectivity index (χ1) is 12.3. The van der Waals surface area contributed by atoms with E-state index in [1.807, 2.05) is 12.3 Å². The number of hydrogen-bond donors (Lipinski definition) is 1. The van der Waals surface area contributed by atoms with E-state index in [2.05, 4.69) is 20.2 Å². The van der Waals surface area contributed by atoms with Crippen molar-refractivity contribution in [3.8, 4) is 0 Å². The fourth-order valence-corrected chi connectivity index (χ4v) is 4.47. The van der Waals surface area contributed by atoms with Crippen molar-refractivity contribution in [2.75, 3.05) is 6.54 Å². The Bertz CT molecular complexity index is 835. The molecule has 1 N–H and O–H groups in total. The van der Waals surface area contributed by atoms with Crippen molar-refractivity contribution in [3.63, 3.8) is 0 Å². The van der Waals surface area contributed by atoms with Gasteiger partial charge in [0.2, 0.25) is 0 Å². The summed E-state index contributed by atoms with van der Waals surface area (Å²) in [4.78, 5) is 14.9. The van der Waals surface area contributed by atoms with Crippen LogP contribution in [0.3, 0.4) is 0 Å². The molecule has 3 heterocycles. The van der Waals surface area contributed by atoms with Crippen molar-refractivity contribution in [1.29, 1.82) is 0 Å². The van der Waals surface area contributed by atoms with E-state index in [-0.39, 0.29) is 5.56 Å². The largest absolute Gasteiger partial charge is 0.294 e. The lowest BCUT2D eigenvalue weighted by molar-refractivity contribution is 0.216. The molecule has 0 radical (unpaired) electrons. The summed E-state index contributed by atoms with van der Waals surface area (Å²) in [6.45, 7) is 2.75. The van der Waals surface area contributed by atoms with Crippen LogP contribution in [0.2, 0.25) is 0 Å². The van der Waals surface area contributed by atoms with E-state index in [0.717, 1.165) is 50.0 Å². The Hall–Kier alpha value is -1.95. The third-order valence-corrected chi connectivity index (χ3v) is 6.02. The van der Waals surface area contributed by atoms with Crippen LogP contribution in [0.5, 0.6) is 0 Å². The maximum absolute atomic E-state index is 12.4. The van der Waals surface area contributed by atoms with Crippen LogP contribution in [0.15, 0.2) is 17.1 Å². The van der Waals surface area contributed by atoms with E-state index in [1.54, 1.807) is 4.68 Å². The summed E-state index contributed by atoms with van der Waals surface area (Å²) in [6, 6.07) is 2.21. The second kappa shape index (κ2) is 6.09. The zero-order valence-electron chi connectivity index (χ0n) is 14.6. The average Bonchev–Trinajstić information content (AvgIpc) is 2.98. The number of fused-ring (bicyclic) bond motifs is 1. The van der Waals surface area contributed by atoms with Crippen LogP contribution in [0, 0.1) is 0 Å². The van der Waals surface area contributed by atoms with E-state index in [9.17, 15) is 4.79 Å². The number of nitrogens with one attached hydrogen (secondary N) is 1. The summed E-state index contributed by atoms with van der Waals surface area (Å²) >= 11 is 0. The smallest absolute Gasteiger partial charge is 0.267 e. The molecule has 0 bridgehead atoms. The molecule has 2 fully saturated rings. The van der Waals surface area contributed by atoms with Crippen molar-refractivity contribution >= 4 is 0 Å². The highest BCUT2D eigenvalue weighted by Crippen LogP contribution is 2.41. The summed E-state index contributed by atoms with van der Waals surface area (Å²) in [5, 5.41) is 12.1. The molecule has 132 valence electrons. The Morgan fingerprint density at radius 1 is 1.20 bits per heavy atom. The minimum Gasteiger partial charge on any atom is -0.294 e. The molecule has 3 aliphatic rings. The van der Waals surface area contributed by atoms with E-state index in [1.165, 1.54) is 30.5 Å². The molecule has 25 heavy (non-hydrogen) atoms. The van der Waals surface area contributed by atoms with Gasteiger partial charge in [0.25, 0.3) is 5.56 Å². The summed E-state index contributed by atoms with van der Waals surface area (Å²) in [6.07, 6.45) is 10.1. The number of aromatic nitrogens is 4. The molecule has 0 spiro atoms. The Balaban J connectivity index is 1.33. The van der Waals surface area contributed by atoms with E-state index >= 15 is 0 Å². The lowest BCUT2D eigenvalue weighted by Crippen LogP contribution is -2.37. The van der Waals surface area contributed by atoms with Gasteiger partial charge in [0, 0.05) is 35.8 Å². The average molecular weight is 339 g/mol. The highest BCUT2D eigenvalue weighted by atomic mass is 16.1. The molecule has 6 nitrogen and oxygen atoms in total. The first-order valence-corrected chi connectivity index (χ1v) is 9.64. The number of nitrogens with zero attached hydrogens (tertiary/aromatic N) is 4. The number of aromatic amines is 1. The Kier molecular flexibility index (Phi) is 3.73. The molecule has 6 heteroatoms. The molecule has 1 atom stereocenters. The summed E-state index contributed by atoms with van der Waals surface area (Å²) in [5.74, 6) is 0.694. The highest BCUT2D eigenvalue weighted by Gasteiger charge is 2.31. The van der Waals surface area contributed by atoms with Gasteiger partial charge in [-0.3, -0.25) is 14.8 Å². The van der Waals surface area contributed by atoms with Crippen LogP contribution >= 0.6 is 0 Å². The minimum atomic E-state index is 0.0643. The van der Waals surface area contributed by atoms with Crippen LogP contribution in [0.1, 0.15) is 60.5 Å². The number of aryl methyl sites for hydroxylation is 2. The van der Waals surface area contributed by atoms with Crippen LogP contribution in [0.25, 0.3) is 0 Å². The number of rotatable bonds is 5. The van der Waals surface area contributed by atoms with Crippen LogP contribution in [-0.2, 0) is 25.9 Å². The maximum Gasteiger partial charge on any atom is 0.267 e. The first kappa shape index (κ1) is 15.3. The predicted octanol–water partition coefficient (Wildman–Crippen LogP) is 2.00. The lowest BCUT2D eigenvalue weighted by Gasteiger charge is -2.24. The van der Waals surface area contributed by atoms with Gasteiger partial charge in [0.1, 0.15) is 0 Å². The monoisotopic (exact) mass is 339 g/mol. The third-order valence-electron chi connectivity index (χ3n) is 6.02. The molecule has 1 aliphatic heterocycles. The molecular formula is C19H25N5O. The van der Waals surface area contributed by atoms with Crippen molar-refractivity contribution in [1.82, 2.24) is 24.9 Å². The van der Waals surface area contributed by atoms with Crippen molar-refractivity contribution in [3.05, 3.63) is 45.1 Å². The molecule has 2 aromatic rings. The summed E-state index contributed by atoms with van der Waals surface area (Å²) in [5.41, 5.74) is 5.03. The second-order valence-electron chi connectivity index (χ2n) is 7.84. The second-order valence-corrected chi connectivity index (χ2v) is 7.84. The zero-order valence-corrected chi connectivity index (χ0v) is 14.6. The lowest BCUT2D eigenvalue weighted by atomic mass is 10.1. The summed E-state index contributed by atoms with van der Waals surface area (Å²) in [7, 11) is 0. The third kappa shape index (κ3) is 2.92. The van der Waals surface area contributed by atoms with Crippen LogP contribution < -0.4 is 5.56 Å². The molecule has 2 aliphatic carbocycles. The highest BCUT2D eigenvalue weighted by molar-refractivity contribution is 5.24. The topological polar surface area (TPSA) is 66.8 Å². The quantitative estimate of drug-likeness (QED) is 0.905. The minimum absolute atomic E-state index is 0.0643. The Morgan fingerprint density at radius 2 is 2.12 bits per heavy atom. The SMILES string of the molecule is O=c1cc2c(nn1CC1CCCN1Cc1cn[nH]c1C1CC1)CCC2. The molecular weight excluding hydrogens is 314 g/mol. The number of hydrogen-bond acceptors (Lipinski definition) is 4. The maximum atomic E-state index is 12.4. The number of likely N-dealkylation sites (tertiary alicyclic amines) is 1. The summed E-state index contributed by atoms with van der Waals surface area (Å²) < 4.78 is 1.71. The zero-order chi connectivity index (χ0) is 16.8. The van der Waals surface area contributed by atoms with Crippen molar-refractivity contribution in [2.24, 2.45) is 0 Å². The van der Waals surface area contributed by atoms with Gasteiger partial charge in [-0.25, -0.2) is 4.68 Å². The van der Waals surface area contributed by atoms with E-state index in [4.69, 9.17) is 0 Å². The standard InChI is InChI=1S/C19H25N5O/c25-18-9-14-3-1-5-17(14)22-24(18)12-16-4-2-8-23(16)11-15-10-20-21-19(15)13-6-7-13/h9-10,13,16H,1-8,11-12H2,(H,20,21). The van der Waals surface area contributed by atoms with E-state index in [0.29, 0.717) is 18.5 Å². The molecule has 2 aromatic heterocycles. The van der Waals surface area contributed by atoms with Crippen LogP contribution in [-0.4, -0.2) is 37.5 Å². The Morgan fingerprint density at radius 3 is 3.00 bits per heavy atom. The van der Waals surface area contributed by atoms with Crippen molar-refractivity contribution < 1.29 is 0 Å². The van der Waals surface area contributed by atoms with Gasteiger partial charge in [0.15, 0.2) is 0 Å². The number of H-pyrrole nitrogens is 1. The fourth-order valence-electron chi connectivity index (χ4n) is 4.47. The fraction of sp³-hybridized carbons (Fsp3) is 0.632. The Labute approximate surface area is 147 Å². The predicted molar refractivity (Wildman–Crippen MR) is 94.5 cm³/mol. The van der Waals surface area contributed by atoms with E-state index < -0.39 is 0 Å². The van der Waals surface area contributed by atoms with Gasteiger partial charge in [-0.2, -0.15) is 10.2 Å². The molecule has 1 unspecified atom stereocenters. The molecule has 1 saturated carbocycles. The van der Waals surface area contributed by atoms with Gasteiger partial charge in [-0.15, -0.1) is 0 Å². The van der Waals surface area contributed by atoms with Crippen molar-refractivity contribution in [2.45, 2.75) is 70.0 Å². The molecule has 0 aromatic carbocycles. The van der Waals surface area contributed by atoms with Crippen LogP contribution in [0.4, 0.5) is 0 Å². The van der Waals surface area contributed by atoms with Gasteiger partial charge in [-0.05, 0) is 57.1 Å². The van der Waals surface area contributed by atoms with Gasteiger partial charge < -0.3 is 0 Å². The van der Waals surface area contributed by atoms with Gasteiger partial charge in [0.05, 0.1) is 18.4 Å². The molecule has 1 saturated heterocycles. The van der Waals surface area contributed by atoms with Gasteiger partial charge in [-0.1, -0.05) is 0 Å². The normalized spacial score (nSPS) is 23.3. The molecule has 5 rings (SSSR count). The van der Waals surface area contributed by atoms with Gasteiger partial charge >= 0.3 is 0 Å².